The van der Waals surface area contributed by atoms with Crippen molar-refractivity contribution in [1.29, 1.82) is 0 Å². The van der Waals surface area contributed by atoms with Gasteiger partial charge in [-0.25, -0.2) is 4.98 Å². The molecule has 0 saturated carbocycles. The van der Waals surface area contributed by atoms with Gasteiger partial charge in [0.05, 0.1) is 0 Å². The number of aryl methyl sites for hydroxylation is 2. The lowest BCUT2D eigenvalue weighted by Gasteiger charge is -2.03. The topological polar surface area (TPSA) is 68.3 Å². The van der Waals surface area contributed by atoms with Gasteiger partial charge in [0.2, 0.25) is 5.89 Å². The van der Waals surface area contributed by atoms with Crippen molar-refractivity contribution >= 4 is 33.7 Å². The van der Waals surface area contributed by atoms with E-state index in [0.29, 0.717) is 17.2 Å². The van der Waals surface area contributed by atoms with Crippen molar-refractivity contribution in [3.05, 3.63) is 83.6 Å². The van der Waals surface area contributed by atoms with Crippen LogP contribution in [0.5, 0.6) is 0 Å². The van der Waals surface area contributed by atoms with Crippen LogP contribution in [0.4, 0.5) is 5.69 Å². The molecule has 0 saturated heterocycles. The quantitative estimate of drug-likeness (QED) is 0.409. The standard InChI is InChI=1S/C24H18N2O3/c1-14-11-15(2)22-19(12-14)26-24(29-22)16-7-9-18(10-8-16)25-23(27)21-13-17-5-3-4-6-20(17)28-21/h3-13H,1-2H3,(H,25,27). The summed E-state index contributed by atoms with van der Waals surface area (Å²) in [4.78, 5) is 17.1. The average Bonchev–Trinajstić information content (AvgIpc) is 3.33. The van der Waals surface area contributed by atoms with E-state index in [1.165, 1.54) is 0 Å². The number of anilines is 1. The van der Waals surface area contributed by atoms with Gasteiger partial charge in [-0.3, -0.25) is 4.79 Å². The summed E-state index contributed by atoms with van der Waals surface area (Å²) in [6, 6.07) is 20.8. The van der Waals surface area contributed by atoms with Crippen molar-refractivity contribution in [3.63, 3.8) is 0 Å². The number of nitrogens with one attached hydrogen (secondary N) is 1. The molecule has 29 heavy (non-hydrogen) atoms. The van der Waals surface area contributed by atoms with Gasteiger partial charge in [0, 0.05) is 16.6 Å². The van der Waals surface area contributed by atoms with Gasteiger partial charge < -0.3 is 14.2 Å². The van der Waals surface area contributed by atoms with E-state index in [1.54, 1.807) is 6.07 Å². The number of furan rings is 1. The highest BCUT2D eigenvalue weighted by Gasteiger charge is 2.14. The van der Waals surface area contributed by atoms with E-state index in [0.717, 1.165) is 33.2 Å². The highest BCUT2D eigenvalue weighted by Crippen LogP contribution is 2.28. The molecule has 1 N–H and O–H groups in total. The van der Waals surface area contributed by atoms with Gasteiger partial charge >= 0.3 is 0 Å². The number of para-hydroxylation sites is 1. The van der Waals surface area contributed by atoms with Crippen LogP contribution in [-0.4, -0.2) is 10.9 Å². The number of fused-ring (bicyclic) bond motifs is 2. The molecule has 5 aromatic rings. The molecule has 0 fully saturated rings. The number of aromatic nitrogens is 1. The van der Waals surface area contributed by atoms with Crippen LogP contribution < -0.4 is 5.32 Å². The molecule has 3 aromatic carbocycles. The first kappa shape index (κ1) is 17.3. The van der Waals surface area contributed by atoms with Crippen LogP contribution in [0.15, 0.2) is 75.6 Å². The molecule has 0 aliphatic carbocycles. The van der Waals surface area contributed by atoms with Crippen molar-refractivity contribution in [2.75, 3.05) is 5.32 Å². The zero-order valence-electron chi connectivity index (χ0n) is 16.0. The maximum absolute atomic E-state index is 12.5. The van der Waals surface area contributed by atoms with E-state index in [9.17, 15) is 4.79 Å². The number of carbonyl (C=O) groups is 1. The third kappa shape index (κ3) is 3.17. The van der Waals surface area contributed by atoms with Crippen LogP contribution >= 0.6 is 0 Å². The second kappa shape index (κ2) is 6.63. The second-order valence-electron chi connectivity index (χ2n) is 7.13. The van der Waals surface area contributed by atoms with E-state index in [1.807, 2.05) is 68.4 Å². The van der Waals surface area contributed by atoms with Crippen LogP contribution in [0.1, 0.15) is 21.7 Å². The molecule has 5 rings (SSSR count). The minimum absolute atomic E-state index is 0.278. The zero-order chi connectivity index (χ0) is 20.0. The molecule has 0 bridgehead atoms. The Bertz CT molecular complexity index is 1330. The Morgan fingerprint density at radius 1 is 0.931 bits per heavy atom. The van der Waals surface area contributed by atoms with Gasteiger partial charge in [0.15, 0.2) is 11.3 Å². The van der Waals surface area contributed by atoms with Crippen molar-refractivity contribution in [1.82, 2.24) is 4.98 Å². The largest absolute Gasteiger partial charge is 0.451 e. The fraction of sp³-hybridized carbons (Fsp3) is 0.0833. The number of carbonyl (C=O) groups excluding carboxylic acids is 1. The second-order valence-corrected chi connectivity index (χ2v) is 7.13. The third-order valence-corrected chi connectivity index (χ3v) is 4.86. The Hall–Kier alpha value is -3.86. The fourth-order valence-electron chi connectivity index (χ4n) is 3.48. The van der Waals surface area contributed by atoms with Crippen LogP contribution in [0.2, 0.25) is 0 Å². The molecule has 0 radical (unpaired) electrons. The van der Waals surface area contributed by atoms with Gasteiger partial charge in [0.1, 0.15) is 11.1 Å². The zero-order valence-corrected chi connectivity index (χ0v) is 16.0. The Balaban J connectivity index is 1.38. The average molecular weight is 382 g/mol. The Labute approximate surface area is 167 Å². The maximum atomic E-state index is 12.5. The van der Waals surface area contributed by atoms with E-state index in [2.05, 4.69) is 16.4 Å². The number of nitrogens with zero attached hydrogens (tertiary/aromatic N) is 1. The van der Waals surface area contributed by atoms with E-state index in [4.69, 9.17) is 8.83 Å². The molecular weight excluding hydrogens is 364 g/mol. The molecule has 2 aromatic heterocycles. The minimum Gasteiger partial charge on any atom is -0.451 e. The number of benzene rings is 3. The number of hydrogen-bond donors (Lipinski definition) is 1. The normalized spacial score (nSPS) is 11.2. The molecule has 0 unspecified atom stereocenters. The summed E-state index contributed by atoms with van der Waals surface area (Å²) in [6.45, 7) is 4.06. The lowest BCUT2D eigenvalue weighted by molar-refractivity contribution is 0.0998. The van der Waals surface area contributed by atoms with Gasteiger partial charge in [-0.15, -0.1) is 0 Å². The summed E-state index contributed by atoms with van der Waals surface area (Å²) >= 11 is 0. The highest BCUT2D eigenvalue weighted by molar-refractivity contribution is 6.04. The van der Waals surface area contributed by atoms with Crippen molar-refractivity contribution in [2.45, 2.75) is 13.8 Å². The van der Waals surface area contributed by atoms with E-state index in [-0.39, 0.29) is 11.7 Å². The molecule has 0 spiro atoms. The molecule has 0 aliphatic rings. The Morgan fingerprint density at radius 2 is 1.72 bits per heavy atom. The molecule has 5 heteroatoms. The predicted octanol–water partition coefficient (Wildman–Crippen LogP) is 6.11. The summed E-state index contributed by atoms with van der Waals surface area (Å²) in [5.74, 6) is 0.547. The fourth-order valence-corrected chi connectivity index (χ4v) is 3.48. The monoisotopic (exact) mass is 382 g/mol. The molecule has 1 amide bonds. The van der Waals surface area contributed by atoms with Crippen molar-refractivity contribution in [2.24, 2.45) is 0 Å². The van der Waals surface area contributed by atoms with Crippen LogP contribution in [0.3, 0.4) is 0 Å². The number of hydrogen-bond acceptors (Lipinski definition) is 4. The summed E-state index contributed by atoms with van der Waals surface area (Å²) in [5, 5.41) is 3.75. The molecule has 0 aliphatic heterocycles. The Kier molecular flexibility index (Phi) is 3.95. The first-order valence-corrected chi connectivity index (χ1v) is 9.35. The minimum atomic E-state index is -0.290. The van der Waals surface area contributed by atoms with E-state index >= 15 is 0 Å². The SMILES string of the molecule is Cc1cc(C)c2oc(-c3ccc(NC(=O)c4cc5ccccc5o4)cc3)nc2c1. The van der Waals surface area contributed by atoms with E-state index < -0.39 is 0 Å². The number of rotatable bonds is 3. The van der Waals surface area contributed by atoms with Gasteiger partial charge in [-0.05, 0) is 67.4 Å². The molecule has 2 heterocycles. The number of amides is 1. The predicted molar refractivity (Wildman–Crippen MR) is 113 cm³/mol. The van der Waals surface area contributed by atoms with Crippen LogP contribution in [0, 0.1) is 13.8 Å². The maximum Gasteiger partial charge on any atom is 0.291 e. The van der Waals surface area contributed by atoms with Gasteiger partial charge in [-0.2, -0.15) is 0 Å². The smallest absolute Gasteiger partial charge is 0.291 e. The van der Waals surface area contributed by atoms with Gasteiger partial charge in [0.25, 0.3) is 5.91 Å². The first-order valence-electron chi connectivity index (χ1n) is 9.35. The van der Waals surface area contributed by atoms with Crippen LogP contribution in [-0.2, 0) is 0 Å². The molecule has 0 atom stereocenters. The summed E-state index contributed by atoms with van der Waals surface area (Å²) in [6.07, 6.45) is 0. The molecule has 5 nitrogen and oxygen atoms in total. The first-order chi connectivity index (χ1) is 14.1. The highest BCUT2D eigenvalue weighted by atomic mass is 16.4. The lowest BCUT2D eigenvalue weighted by Crippen LogP contribution is -2.10. The lowest BCUT2D eigenvalue weighted by atomic mass is 10.1. The molecular formula is C24H18N2O3. The summed E-state index contributed by atoms with van der Waals surface area (Å²) < 4.78 is 11.6. The van der Waals surface area contributed by atoms with Crippen LogP contribution in [0.25, 0.3) is 33.5 Å². The van der Waals surface area contributed by atoms with Crippen molar-refractivity contribution < 1.29 is 13.6 Å². The summed E-state index contributed by atoms with van der Waals surface area (Å²) in [5.41, 5.74) is 6.07. The third-order valence-electron chi connectivity index (χ3n) is 4.86. The van der Waals surface area contributed by atoms with Gasteiger partial charge in [-0.1, -0.05) is 24.3 Å². The molecule has 142 valence electrons. The number of oxazole rings is 1. The Morgan fingerprint density at radius 3 is 2.52 bits per heavy atom. The summed E-state index contributed by atoms with van der Waals surface area (Å²) in [7, 11) is 0. The van der Waals surface area contributed by atoms with Crippen molar-refractivity contribution in [3.8, 4) is 11.5 Å².